The summed E-state index contributed by atoms with van der Waals surface area (Å²) in [5.41, 5.74) is 1.22. The average Bonchev–Trinajstić information content (AvgIpc) is 2.78. The first-order chi connectivity index (χ1) is 15.0. The number of carbonyl (C=O) groups is 1. The van der Waals surface area contributed by atoms with Crippen molar-refractivity contribution in [2.24, 2.45) is 7.05 Å². The third kappa shape index (κ3) is 5.24. The molecule has 3 rings (SSSR count). The van der Waals surface area contributed by atoms with Gasteiger partial charge in [0, 0.05) is 23.6 Å². The zero-order chi connectivity index (χ0) is 22.4. The Labute approximate surface area is 192 Å². The number of fused-ring (bicyclic) bond motifs is 1. The van der Waals surface area contributed by atoms with Crippen LogP contribution in [0.1, 0.15) is 68.2 Å². The van der Waals surface area contributed by atoms with Crippen molar-refractivity contribution in [2.45, 2.75) is 52.0 Å². The van der Waals surface area contributed by atoms with Crippen LogP contribution in [-0.4, -0.2) is 26.9 Å². The van der Waals surface area contributed by atoms with E-state index in [4.69, 9.17) is 4.98 Å². The molecule has 0 saturated carbocycles. The molecule has 1 amide bonds. The molecule has 0 spiro atoms. The Morgan fingerprint density at radius 3 is 2.58 bits per heavy atom. The maximum absolute atomic E-state index is 13.6. The molecule has 6 heteroatoms. The number of carbonyl (C=O) groups excluding carboxylic acids is 1. The molecule has 1 unspecified atom stereocenters. The van der Waals surface area contributed by atoms with Crippen molar-refractivity contribution in [3.05, 3.63) is 74.7 Å². The highest BCUT2D eigenvalue weighted by Gasteiger charge is 2.28. The standard InChI is InChI=1S/C25H30BrN3O2/c1-4-6-7-10-16-29(24(30)18-12-11-13-19(26)17-18)22(5-2)23-27-21-15-9-8-14-20(21)25(31)28(23)3/h8-9,11-15,17,22H,4-7,10,16H2,1-3H3. The van der Waals surface area contributed by atoms with Crippen LogP contribution in [0.3, 0.4) is 0 Å². The van der Waals surface area contributed by atoms with Gasteiger partial charge >= 0.3 is 0 Å². The number of benzene rings is 2. The van der Waals surface area contributed by atoms with Gasteiger partial charge in [-0.25, -0.2) is 4.98 Å². The fourth-order valence-corrected chi connectivity index (χ4v) is 4.37. The second-order valence-corrected chi connectivity index (χ2v) is 8.76. The van der Waals surface area contributed by atoms with E-state index in [0.29, 0.717) is 35.3 Å². The van der Waals surface area contributed by atoms with Crippen molar-refractivity contribution >= 4 is 32.7 Å². The summed E-state index contributed by atoms with van der Waals surface area (Å²) < 4.78 is 2.47. The van der Waals surface area contributed by atoms with Crippen molar-refractivity contribution in [3.8, 4) is 0 Å². The number of aromatic nitrogens is 2. The number of hydrogen-bond donors (Lipinski definition) is 0. The second kappa shape index (κ2) is 10.7. The van der Waals surface area contributed by atoms with Gasteiger partial charge in [0.15, 0.2) is 0 Å². The molecule has 164 valence electrons. The molecule has 1 aromatic heterocycles. The topological polar surface area (TPSA) is 55.2 Å². The van der Waals surface area contributed by atoms with E-state index in [-0.39, 0.29) is 17.5 Å². The van der Waals surface area contributed by atoms with Crippen LogP contribution in [0.15, 0.2) is 57.8 Å². The first-order valence-electron chi connectivity index (χ1n) is 11.0. The Kier molecular flexibility index (Phi) is 8.02. The molecule has 0 bridgehead atoms. The third-order valence-electron chi connectivity index (χ3n) is 5.66. The molecule has 0 radical (unpaired) electrons. The maximum Gasteiger partial charge on any atom is 0.261 e. The van der Waals surface area contributed by atoms with Gasteiger partial charge in [-0.3, -0.25) is 14.2 Å². The van der Waals surface area contributed by atoms with Gasteiger partial charge in [0.05, 0.1) is 16.9 Å². The predicted octanol–water partition coefficient (Wildman–Crippen LogP) is 5.87. The Morgan fingerprint density at radius 1 is 1.10 bits per heavy atom. The number of rotatable bonds is 9. The second-order valence-electron chi connectivity index (χ2n) is 7.84. The molecule has 1 heterocycles. The summed E-state index contributed by atoms with van der Waals surface area (Å²) >= 11 is 3.47. The van der Waals surface area contributed by atoms with E-state index in [2.05, 4.69) is 22.9 Å². The van der Waals surface area contributed by atoms with Crippen molar-refractivity contribution in [1.29, 1.82) is 0 Å². The molecular formula is C25H30BrN3O2. The van der Waals surface area contributed by atoms with Crippen LogP contribution >= 0.6 is 15.9 Å². The number of nitrogens with zero attached hydrogens (tertiary/aromatic N) is 3. The lowest BCUT2D eigenvalue weighted by Crippen LogP contribution is -2.39. The Morgan fingerprint density at radius 2 is 1.87 bits per heavy atom. The van der Waals surface area contributed by atoms with Crippen molar-refractivity contribution in [2.75, 3.05) is 6.54 Å². The summed E-state index contributed by atoms with van der Waals surface area (Å²) in [7, 11) is 1.75. The summed E-state index contributed by atoms with van der Waals surface area (Å²) in [6, 6.07) is 14.6. The van der Waals surface area contributed by atoms with Gasteiger partial charge in [-0.1, -0.05) is 67.2 Å². The molecule has 31 heavy (non-hydrogen) atoms. The molecule has 3 aromatic rings. The van der Waals surface area contributed by atoms with Gasteiger partial charge in [0.1, 0.15) is 5.82 Å². The van der Waals surface area contributed by atoms with E-state index in [1.807, 2.05) is 54.3 Å². The molecule has 0 N–H and O–H groups in total. The highest BCUT2D eigenvalue weighted by Crippen LogP contribution is 2.26. The molecule has 0 fully saturated rings. The number of para-hydroxylation sites is 1. The quantitative estimate of drug-likeness (QED) is 0.357. The molecule has 1 atom stereocenters. The maximum atomic E-state index is 13.6. The molecular weight excluding hydrogens is 454 g/mol. The fraction of sp³-hybridized carbons (Fsp3) is 0.400. The molecule has 0 aliphatic rings. The van der Waals surface area contributed by atoms with E-state index in [0.717, 1.165) is 30.2 Å². The lowest BCUT2D eigenvalue weighted by Gasteiger charge is -2.32. The van der Waals surface area contributed by atoms with Crippen LogP contribution in [0, 0.1) is 0 Å². The highest BCUT2D eigenvalue weighted by atomic mass is 79.9. The van der Waals surface area contributed by atoms with Gasteiger partial charge in [-0.05, 0) is 43.2 Å². The summed E-state index contributed by atoms with van der Waals surface area (Å²) in [6.45, 7) is 4.85. The third-order valence-corrected chi connectivity index (χ3v) is 6.16. The number of hydrogen-bond acceptors (Lipinski definition) is 3. The van der Waals surface area contributed by atoms with Gasteiger partial charge in [-0.15, -0.1) is 0 Å². The average molecular weight is 484 g/mol. The summed E-state index contributed by atoms with van der Waals surface area (Å²) in [5.74, 6) is 0.595. The summed E-state index contributed by atoms with van der Waals surface area (Å²) in [6.07, 6.45) is 4.94. The van der Waals surface area contributed by atoms with Gasteiger partial charge in [0.2, 0.25) is 0 Å². The normalized spacial score (nSPS) is 12.1. The summed E-state index contributed by atoms with van der Waals surface area (Å²) in [5, 5.41) is 0.594. The van der Waals surface area contributed by atoms with E-state index < -0.39 is 0 Å². The van der Waals surface area contributed by atoms with E-state index >= 15 is 0 Å². The smallest absolute Gasteiger partial charge is 0.261 e. The zero-order valence-electron chi connectivity index (χ0n) is 18.5. The summed E-state index contributed by atoms with van der Waals surface area (Å²) in [4.78, 5) is 33.3. The largest absolute Gasteiger partial charge is 0.328 e. The number of halogens is 1. The van der Waals surface area contributed by atoms with Crippen LogP contribution in [0.2, 0.25) is 0 Å². The minimum Gasteiger partial charge on any atom is -0.328 e. The molecule has 0 aliphatic heterocycles. The SMILES string of the molecule is CCCCCCN(C(=O)c1cccc(Br)c1)C(CC)c1nc2ccccc2c(=O)n1C. The van der Waals surface area contributed by atoms with Crippen molar-refractivity contribution in [1.82, 2.24) is 14.5 Å². The van der Waals surface area contributed by atoms with Crippen LogP contribution in [0.25, 0.3) is 10.9 Å². The van der Waals surface area contributed by atoms with Gasteiger partial charge in [0.25, 0.3) is 11.5 Å². The minimum absolute atomic E-state index is 0.0351. The van der Waals surface area contributed by atoms with Crippen LogP contribution in [0.5, 0.6) is 0 Å². The van der Waals surface area contributed by atoms with E-state index in [9.17, 15) is 9.59 Å². The number of amides is 1. The first kappa shape index (κ1) is 23.2. The van der Waals surface area contributed by atoms with Crippen LogP contribution in [0.4, 0.5) is 0 Å². The van der Waals surface area contributed by atoms with E-state index in [1.165, 1.54) is 0 Å². The van der Waals surface area contributed by atoms with Crippen LogP contribution in [-0.2, 0) is 7.05 Å². The molecule has 2 aromatic carbocycles. The Balaban J connectivity index is 2.05. The molecule has 0 saturated heterocycles. The van der Waals surface area contributed by atoms with Crippen molar-refractivity contribution < 1.29 is 4.79 Å². The fourth-order valence-electron chi connectivity index (χ4n) is 3.97. The zero-order valence-corrected chi connectivity index (χ0v) is 20.1. The molecule has 0 aliphatic carbocycles. The number of unbranched alkanes of at least 4 members (excludes halogenated alkanes) is 3. The van der Waals surface area contributed by atoms with Gasteiger partial charge < -0.3 is 4.90 Å². The van der Waals surface area contributed by atoms with Crippen molar-refractivity contribution in [3.63, 3.8) is 0 Å². The monoisotopic (exact) mass is 483 g/mol. The molecule has 5 nitrogen and oxygen atoms in total. The Hall–Kier alpha value is -2.47. The minimum atomic E-state index is -0.282. The predicted molar refractivity (Wildman–Crippen MR) is 129 cm³/mol. The lowest BCUT2D eigenvalue weighted by molar-refractivity contribution is 0.0653. The lowest BCUT2D eigenvalue weighted by atomic mass is 10.1. The highest BCUT2D eigenvalue weighted by molar-refractivity contribution is 9.10. The van der Waals surface area contributed by atoms with Gasteiger partial charge in [-0.2, -0.15) is 0 Å². The first-order valence-corrected chi connectivity index (χ1v) is 11.8. The van der Waals surface area contributed by atoms with Crippen LogP contribution < -0.4 is 5.56 Å². The Bertz CT molecular complexity index is 1110. The van der Waals surface area contributed by atoms with E-state index in [1.54, 1.807) is 17.7 Å².